The molecule has 0 N–H and O–H groups in total. The summed E-state index contributed by atoms with van der Waals surface area (Å²) >= 11 is 5.71. The van der Waals surface area contributed by atoms with Gasteiger partial charge in [0.25, 0.3) is 0 Å². The third-order valence-corrected chi connectivity index (χ3v) is 2.50. The number of aromatic nitrogens is 2. The highest BCUT2D eigenvalue weighted by molar-refractivity contribution is 6.28. The molecule has 0 aliphatic carbocycles. The number of nitro groups is 1. The van der Waals surface area contributed by atoms with Crippen molar-refractivity contribution >= 4 is 17.3 Å². The number of rotatable bonds is 3. The summed E-state index contributed by atoms with van der Waals surface area (Å²) in [7, 11) is 0. The standard InChI is InChI=1S/C12H10ClN3O3/c1-7-3-4-9(16(17)18)10(5-7)19-11-6-8(2)14-12(13)15-11/h3-6H,1-2H3. The predicted molar refractivity (Wildman–Crippen MR) is 69.7 cm³/mol. The molecule has 19 heavy (non-hydrogen) atoms. The van der Waals surface area contributed by atoms with E-state index in [0.717, 1.165) is 5.56 Å². The average molecular weight is 280 g/mol. The highest BCUT2D eigenvalue weighted by Crippen LogP contribution is 2.31. The zero-order valence-corrected chi connectivity index (χ0v) is 11.0. The maximum atomic E-state index is 10.9. The highest BCUT2D eigenvalue weighted by Gasteiger charge is 2.16. The van der Waals surface area contributed by atoms with Crippen molar-refractivity contribution in [2.45, 2.75) is 13.8 Å². The fraction of sp³-hybridized carbons (Fsp3) is 0.167. The van der Waals surface area contributed by atoms with Crippen molar-refractivity contribution in [1.82, 2.24) is 9.97 Å². The van der Waals surface area contributed by atoms with Gasteiger partial charge in [0.2, 0.25) is 16.9 Å². The maximum absolute atomic E-state index is 10.9. The minimum absolute atomic E-state index is 0.0327. The molecule has 6 nitrogen and oxygen atoms in total. The van der Waals surface area contributed by atoms with Gasteiger partial charge < -0.3 is 4.74 Å². The largest absolute Gasteiger partial charge is 0.432 e. The zero-order valence-electron chi connectivity index (χ0n) is 10.3. The molecule has 1 heterocycles. The summed E-state index contributed by atoms with van der Waals surface area (Å²) in [5.74, 6) is 0.297. The molecule has 1 aromatic heterocycles. The second kappa shape index (κ2) is 5.19. The van der Waals surface area contributed by atoms with Crippen LogP contribution in [0.5, 0.6) is 11.6 Å². The summed E-state index contributed by atoms with van der Waals surface area (Å²) in [5.41, 5.74) is 1.33. The molecule has 0 spiro atoms. The summed E-state index contributed by atoms with van der Waals surface area (Å²) in [6.07, 6.45) is 0. The first kappa shape index (κ1) is 13.2. The van der Waals surface area contributed by atoms with E-state index in [-0.39, 0.29) is 22.6 Å². The quantitative estimate of drug-likeness (QED) is 0.488. The molecule has 0 aliphatic rings. The molecular weight excluding hydrogens is 270 g/mol. The molecule has 0 fully saturated rings. The molecule has 0 radical (unpaired) electrons. The van der Waals surface area contributed by atoms with Crippen molar-refractivity contribution < 1.29 is 9.66 Å². The number of nitrogens with zero attached hydrogens (tertiary/aromatic N) is 3. The number of nitro benzene ring substituents is 1. The van der Waals surface area contributed by atoms with E-state index < -0.39 is 4.92 Å². The van der Waals surface area contributed by atoms with Gasteiger partial charge in [-0.2, -0.15) is 4.98 Å². The van der Waals surface area contributed by atoms with Gasteiger partial charge in [0, 0.05) is 17.8 Å². The number of hydrogen-bond donors (Lipinski definition) is 0. The Morgan fingerprint density at radius 1 is 1.26 bits per heavy atom. The Labute approximate surface area is 114 Å². The number of benzene rings is 1. The average Bonchev–Trinajstić information content (AvgIpc) is 2.26. The fourth-order valence-corrected chi connectivity index (χ4v) is 1.74. The smallest absolute Gasteiger partial charge is 0.311 e. The van der Waals surface area contributed by atoms with Crippen LogP contribution < -0.4 is 4.74 Å². The molecule has 1 aromatic carbocycles. The molecule has 2 aromatic rings. The molecule has 0 bridgehead atoms. The molecule has 0 saturated carbocycles. The Hall–Kier alpha value is -2.21. The van der Waals surface area contributed by atoms with E-state index in [1.165, 1.54) is 6.07 Å². The third-order valence-electron chi connectivity index (χ3n) is 2.33. The number of hydrogen-bond acceptors (Lipinski definition) is 5. The van der Waals surface area contributed by atoms with E-state index in [9.17, 15) is 10.1 Å². The molecule has 0 atom stereocenters. The topological polar surface area (TPSA) is 78.2 Å². The van der Waals surface area contributed by atoms with E-state index in [0.29, 0.717) is 5.69 Å². The zero-order chi connectivity index (χ0) is 14.0. The lowest BCUT2D eigenvalue weighted by atomic mass is 10.2. The summed E-state index contributed by atoms with van der Waals surface area (Å²) in [6, 6.07) is 6.16. The van der Waals surface area contributed by atoms with Crippen molar-refractivity contribution in [2.75, 3.05) is 0 Å². The summed E-state index contributed by atoms with van der Waals surface area (Å²) in [6.45, 7) is 3.54. The molecule has 0 aliphatic heterocycles. The predicted octanol–water partition coefficient (Wildman–Crippen LogP) is 3.45. The lowest BCUT2D eigenvalue weighted by Gasteiger charge is -2.07. The maximum Gasteiger partial charge on any atom is 0.311 e. The van der Waals surface area contributed by atoms with Crippen LogP contribution in [0, 0.1) is 24.0 Å². The van der Waals surface area contributed by atoms with Crippen molar-refractivity contribution in [2.24, 2.45) is 0 Å². The lowest BCUT2D eigenvalue weighted by Crippen LogP contribution is -1.97. The highest BCUT2D eigenvalue weighted by atomic mass is 35.5. The molecular formula is C12H10ClN3O3. The van der Waals surface area contributed by atoms with E-state index in [1.807, 2.05) is 6.92 Å². The van der Waals surface area contributed by atoms with Crippen LogP contribution in [0.4, 0.5) is 5.69 Å². The SMILES string of the molecule is Cc1ccc([N+](=O)[O-])c(Oc2cc(C)nc(Cl)n2)c1. The Kier molecular flexibility index (Phi) is 3.62. The van der Waals surface area contributed by atoms with E-state index in [4.69, 9.17) is 16.3 Å². The Balaban J connectivity index is 2.42. The normalized spacial score (nSPS) is 10.3. The van der Waals surface area contributed by atoms with Crippen LogP contribution in [0.25, 0.3) is 0 Å². The van der Waals surface area contributed by atoms with Crippen LogP contribution in [0.15, 0.2) is 24.3 Å². The number of halogens is 1. The van der Waals surface area contributed by atoms with Gasteiger partial charge >= 0.3 is 5.69 Å². The van der Waals surface area contributed by atoms with Crippen LogP contribution >= 0.6 is 11.6 Å². The van der Waals surface area contributed by atoms with Gasteiger partial charge in [-0.25, -0.2) is 4.98 Å². The van der Waals surface area contributed by atoms with Crippen LogP contribution in [0.1, 0.15) is 11.3 Å². The van der Waals surface area contributed by atoms with Gasteiger partial charge in [-0.3, -0.25) is 10.1 Å². The van der Waals surface area contributed by atoms with Gasteiger partial charge in [-0.15, -0.1) is 0 Å². The van der Waals surface area contributed by atoms with Gasteiger partial charge in [0.1, 0.15) is 0 Å². The van der Waals surface area contributed by atoms with Crippen molar-refractivity contribution in [3.8, 4) is 11.6 Å². The van der Waals surface area contributed by atoms with Crippen molar-refractivity contribution in [3.05, 3.63) is 50.9 Å². The van der Waals surface area contributed by atoms with Gasteiger partial charge in [-0.1, -0.05) is 6.07 Å². The lowest BCUT2D eigenvalue weighted by molar-refractivity contribution is -0.385. The Morgan fingerprint density at radius 2 is 2.00 bits per heavy atom. The summed E-state index contributed by atoms with van der Waals surface area (Å²) in [5, 5.41) is 11.0. The first-order chi connectivity index (χ1) is 8.95. The Morgan fingerprint density at radius 3 is 2.63 bits per heavy atom. The van der Waals surface area contributed by atoms with Crippen molar-refractivity contribution in [1.29, 1.82) is 0 Å². The van der Waals surface area contributed by atoms with E-state index in [2.05, 4.69) is 9.97 Å². The third kappa shape index (κ3) is 3.17. The second-order valence-corrected chi connectivity index (χ2v) is 4.29. The van der Waals surface area contributed by atoms with Crippen LogP contribution in [-0.4, -0.2) is 14.9 Å². The molecule has 0 saturated heterocycles. The van der Waals surface area contributed by atoms with Crippen molar-refractivity contribution in [3.63, 3.8) is 0 Å². The van der Waals surface area contributed by atoms with Crippen LogP contribution in [0.2, 0.25) is 5.28 Å². The van der Waals surface area contributed by atoms with Crippen LogP contribution in [0.3, 0.4) is 0 Å². The van der Waals surface area contributed by atoms with Crippen LogP contribution in [-0.2, 0) is 0 Å². The fourth-order valence-electron chi connectivity index (χ4n) is 1.52. The minimum atomic E-state index is -0.509. The number of ether oxygens (including phenoxy) is 1. The van der Waals surface area contributed by atoms with Gasteiger partial charge in [0.15, 0.2) is 0 Å². The molecule has 7 heteroatoms. The Bertz CT molecular complexity index is 626. The first-order valence-electron chi connectivity index (χ1n) is 5.40. The number of aryl methyl sites for hydroxylation is 2. The minimum Gasteiger partial charge on any atom is -0.432 e. The van der Waals surface area contributed by atoms with Gasteiger partial charge in [0.05, 0.1) is 4.92 Å². The van der Waals surface area contributed by atoms with Gasteiger partial charge in [-0.05, 0) is 37.1 Å². The summed E-state index contributed by atoms with van der Waals surface area (Å²) in [4.78, 5) is 18.2. The monoisotopic (exact) mass is 279 g/mol. The first-order valence-corrected chi connectivity index (χ1v) is 5.77. The molecule has 0 unspecified atom stereocenters. The second-order valence-electron chi connectivity index (χ2n) is 3.95. The van der Waals surface area contributed by atoms with E-state index in [1.54, 1.807) is 25.1 Å². The summed E-state index contributed by atoms with van der Waals surface area (Å²) < 4.78 is 5.44. The molecule has 98 valence electrons. The van der Waals surface area contributed by atoms with E-state index >= 15 is 0 Å². The molecule has 2 rings (SSSR count). The molecule has 0 amide bonds.